The summed E-state index contributed by atoms with van der Waals surface area (Å²) in [6.45, 7) is 2.02. The lowest BCUT2D eigenvalue weighted by atomic mass is 10.1. The van der Waals surface area contributed by atoms with Gasteiger partial charge in [0.15, 0.2) is 0 Å². The molecule has 3 nitrogen and oxygen atoms in total. The maximum absolute atomic E-state index is 9.99. The highest BCUT2D eigenvalue weighted by Crippen LogP contribution is 2.01. The van der Waals surface area contributed by atoms with Crippen molar-refractivity contribution in [3.63, 3.8) is 0 Å². The maximum atomic E-state index is 9.99. The summed E-state index contributed by atoms with van der Waals surface area (Å²) in [7, 11) is 0. The smallest absolute Gasteiger partial charge is 0.221 e. The van der Waals surface area contributed by atoms with Gasteiger partial charge < -0.3 is 0 Å². The summed E-state index contributed by atoms with van der Waals surface area (Å²) < 4.78 is 0. The number of hydrogen-bond acceptors (Lipinski definition) is 2. The van der Waals surface area contributed by atoms with Crippen LogP contribution in [0, 0.1) is 0 Å². The molecular formula is C10H14N2O. The summed E-state index contributed by atoms with van der Waals surface area (Å²) in [5, 5.41) is 0. The molecule has 0 saturated heterocycles. The molecule has 1 aromatic rings. The van der Waals surface area contributed by atoms with Crippen LogP contribution in [0.15, 0.2) is 30.3 Å². The van der Waals surface area contributed by atoms with Crippen molar-refractivity contribution in [3.05, 3.63) is 35.9 Å². The Balaban J connectivity index is 2.36. The molecule has 0 fully saturated rings. The number of carbonyl (C=O) groups excluding carboxylic acids is 1. The average molecular weight is 178 g/mol. The minimum Gasteiger partial charge on any atom is -0.294 e. The molecule has 3 heteroatoms. The number of benzene rings is 1. The van der Waals surface area contributed by atoms with Crippen LogP contribution in [-0.2, 0) is 11.2 Å². The van der Waals surface area contributed by atoms with E-state index in [0.717, 1.165) is 6.42 Å². The molecule has 1 aromatic carbocycles. The molecule has 0 spiro atoms. The zero-order valence-corrected chi connectivity index (χ0v) is 7.66. The number of rotatable bonds is 5. The second-order valence-electron chi connectivity index (χ2n) is 3.00. The van der Waals surface area contributed by atoms with E-state index >= 15 is 0 Å². The van der Waals surface area contributed by atoms with Gasteiger partial charge in [0.25, 0.3) is 0 Å². The molecular weight excluding hydrogens is 164 g/mol. The van der Waals surface area contributed by atoms with Crippen molar-refractivity contribution in [3.8, 4) is 0 Å². The molecule has 0 radical (unpaired) electrons. The van der Waals surface area contributed by atoms with Crippen molar-refractivity contribution in [2.75, 3.05) is 0 Å². The zero-order valence-electron chi connectivity index (χ0n) is 7.66. The monoisotopic (exact) mass is 178 g/mol. The maximum Gasteiger partial charge on any atom is 0.221 e. The van der Waals surface area contributed by atoms with E-state index in [1.54, 1.807) is 0 Å². The Bertz CT molecular complexity index is 248. The lowest BCUT2D eigenvalue weighted by molar-refractivity contribution is -0.110. The molecule has 0 heterocycles. The second-order valence-corrected chi connectivity index (χ2v) is 3.00. The Hall–Kier alpha value is -1.35. The van der Waals surface area contributed by atoms with Gasteiger partial charge in [-0.25, -0.2) is 5.43 Å². The lowest BCUT2D eigenvalue weighted by Crippen LogP contribution is -2.39. The van der Waals surface area contributed by atoms with Gasteiger partial charge in [-0.05, 0) is 18.9 Å². The Kier molecular flexibility index (Phi) is 3.99. The van der Waals surface area contributed by atoms with Crippen molar-refractivity contribution in [2.24, 2.45) is 0 Å². The minimum atomic E-state index is 0.243. The van der Waals surface area contributed by atoms with E-state index < -0.39 is 0 Å². The van der Waals surface area contributed by atoms with Crippen LogP contribution in [0.4, 0.5) is 0 Å². The van der Waals surface area contributed by atoms with Gasteiger partial charge >= 0.3 is 0 Å². The van der Waals surface area contributed by atoms with Crippen LogP contribution < -0.4 is 10.9 Å². The standard InChI is InChI=1S/C10H14N2O/c1-9(12-11-8-13)7-10-5-3-2-4-6-10/h2-6,8-9,12H,7H2,1H3,(H,11,13)/t9-/m1/s1. The number of nitrogens with one attached hydrogen (secondary N) is 2. The van der Waals surface area contributed by atoms with Crippen molar-refractivity contribution < 1.29 is 4.79 Å². The van der Waals surface area contributed by atoms with Crippen molar-refractivity contribution in [1.82, 2.24) is 10.9 Å². The van der Waals surface area contributed by atoms with Crippen LogP contribution in [0.3, 0.4) is 0 Å². The molecule has 0 aliphatic heterocycles. The SMILES string of the molecule is C[C@H](Cc1ccccc1)NNC=O. The first-order chi connectivity index (χ1) is 6.33. The van der Waals surface area contributed by atoms with E-state index in [9.17, 15) is 4.79 Å². The summed E-state index contributed by atoms with van der Waals surface area (Å²) >= 11 is 0. The van der Waals surface area contributed by atoms with Crippen molar-refractivity contribution in [1.29, 1.82) is 0 Å². The first-order valence-electron chi connectivity index (χ1n) is 4.31. The molecule has 0 aliphatic carbocycles. The Morgan fingerprint density at radius 3 is 2.69 bits per heavy atom. The Morgan fingerprint density at radius 2 is 2.08 bits per heavy atom. The van der Waals surface area contributed by atoms with Crippen LogP contribution in [0.2, 0.25) is 0 Å². The van der Waals surface area contributed by atoms with E-state index in [2.05, 4.69) is 23.0 Å². The second kappa shape index (κ2) is 5.32. The number of hydrogen-bond donors (Lipinski definition) is 2. The molecule has 0 unspecified atom stereocenters. The fraction of sp³-hybridized carbons (Fsp3) is 0.300. The third kappa shape index (κ3) is 3.71. The Morgan fingerprint density at radius 1 is 1.38 bits per heavy atom. The fourth-order valence-electron chi connectivity index (χ4n) is 1.19. The first-order valence-corrected chi connectivity index (χ1v) is 4.31. The summed E-state index contributed by atoms with van der Waals surface area (Å²) in [5.41, 5.74) is 6.56. The predicted molar refractivity (Wildman–Crippen MR) is 51.9 cm³/mol. The molecule has 0 bridgehead atoms. The molecule has 0 aliphatic rings. The van der Waals surface area contributed by atoms with Crippen LogP contribution in [-0.4, -0.2) is 12.5 Å². The van der Waals surface area contributed by atoms with Gasteiger partial charge in [-0.15, -0.1) is 0 Å². The first kappa shape index (κ1) is 9.74. The van der Waals surface area contributed by atoms with E-state index in [1.807, 2.05) is 25.1 Å². The lowest BCUT2D eigenvalue weighted by Gasteiger charge is -2.11. The van der Waals surface area contributed by atoms with Gasteiger partial charge in [-0.2, -0.15) is 0 Å². The van der Waals surface area contributed by atoms with Gasteiger partial charge in [0.05, 0.1) is 0 Å². The third-order valence-corrected chi connectivity index (χ3v) is 1.77. The van der Waals surface area contributed by atoms with Crippen LogP contribution in [0.25, 0.3) is 0 Å². The molecule has 1 amide bonds. The van der Waals surface area contributed by atoms with Gasteiger partial charge in [-0.1, -0.05) is 30.3 Å². The number of carbonyl (C=O) groups is 1. The molecule has 1 atom stereocenters. The molecule has 0 aromatic heterocycles. The summed E-state index contributed by atoms with van der Waals surface area (Å²) in [6, 6.07) is 10.4. The summed E-state index contributed by atoms with van der Waals surface area (Å²) in [4.78, 5) is 9.99. The van der Waals surface area contributed by atoms with Crippen LogP contribution >= 0.6 is 0 Å². The van der Waals surface area contributed by atoms with Crippen LogP contribution in [0.5, 0.6) is 0 Å². The van der Waals surface area contributed by atoms with E-state index in [-0.39, 0.29) is 6.04 Å². The topological polar surface area (TPSA) is 41.1 Å². The van der Waals surface area contributed by atoms with E-state index in [1.165, 1.54) is 5.56 Å². The molecule has 70 valence electrons. The quantitative estimate of drug-likeness (QED) is 0.519. The normalized spacial score (nSPS) is 12.1. The van der Waals surface area contributed by atoms with Crippen molar-refractivity contribution >= 4 is 6.41 Å². The molecule has 13 heavy (non-hydrogen) atoms. The highest BCUT2D eigenvalue weighted by Gasteiger charge is 2.00. The van der Waals surface area contributed by atoms with Crippen molar-refractivity contribution in [2.45, 2.75) is 19.4 Å². The van der Waals surface area contributed by atoms with E-state index in [4.69, 9.17) is 0 Å². The fourth-order valence-corrected chi connectivity index (χ4v) is 1.19. The van der Waals surface area contributed by atoms with Gasteiger partial charge in [-0.3, -0.25) is 10.2 Å². The predicted octanol–water partition coefficient (Wildman–Crippen LogP) is 0.868. The minimum absolute atomic E-state index is 0.243. The highest BCUT2D eigenvalue weighted by atomic mass is 16.1. The number of hydrazine groups is 1. The van der Waals surface area contributed by atoms with Gasteiger partial charge in [0, 0.05) is 6.04 Å². The average Bonchev–Trinajstić information content (AvgIpc) is 2.16. The third-order valence-electron chi connectivity index (χ3n) is 1.77. The number of amides is 1. The van der Waals surface area contributed by atoms with Gasteiger partial charge in [0.2, 0.25) is 6.41 Å². The zero-order chi connectivity index (χ0) is 9.52. The molecule has 1 rings (SSSR count). The van der Waals surface area contributed by atoms with E-state index in [0.29, 0.717) is 6.41 Å². The molecule has 2 N–H and O–H groups in total. The summed E-state index contributed by atoms with van der Waals surface area (Å²) in [6.07, 6.45) is 1.54. The molecule has 0 saturated carbocycles. The summed E-state index contributed by atoms with van der Waals surface area (Å²) in [5.74, 6) is 0. The van der Waals surface area contributed by atoms with Gasteiger partial charge in [0.1, 0.15) is 0 Å². The highest BCUT2D eigenvalue weighted by molar-refractivity contribution is 5.44. The Labute approximate surface area is 78.1 Å². The van der Waals surface area contributed by atoms with Crippen LogP contribution in [0.1, 0.15) is 12.5 Å². The largest absolute Gasteiger partial charge is 0.294 e.